The number of piperazine rings is 1. The van der Waals surface area contributed by atoms with Gasteiger partial charge in [-0.3, -0.25) is 4.90 Å². The van der Waals surface area contributed by atoms with Crippen LogP contribution in [-0.4, -0.2) is 49.8 Å². The summed E-state index contributed by atoms with van der Waals surface area (Å²) in [5.41, 5.74) is 0.361. The molecule has 2 rings (SSSR count). The van der Waals surface area contributed by atoms with Crippen molar-refractivity contribution in [3.63, 3.8) is 0 Å². The SMILES string of the molecule is CCC1CNC(C)(C2CC2)CN1CCOC. The molecule has 94 valence electrons. The summed E-state index contributed by atoms with van der Waals surface area (Å²) in [6, 6.07) is 0.696. The summed E-state index contributed by atoms with van der Waals surface area (Å²) in [7, 11) is 1.79. The molecule has 2 unspecified atom stereocenters. The van der Waals surface area contributed by atoms with E-state index in [1.54, 1.807) is 7.11 Å². The van der Waals surface area contributed by atoms with Crippen molar-refractivity contribution in [3.05, 3.63) is 0 Å². The van der Waals surface area contributed by atoms with E-state index < -0.39 is 0 Å². The van der Waals surface area contributed by atoms with Crippen LogP contribution in [0.4, 0.5) is 0 Å². The first kappa shape index (κ1) is 12.3. The Morgan fingerprint density at radius 1 is 1.44 bits per heavy atom. The number of nitrogens with zero attached hydrogens (tertiary/aromatic N) is 1. The van der Waals surface area contributed by atoms with E-state index in [4.69, 9.17) is 4.74 Å². The third-order valence-corrected chi connectivity index (χ3v) is 4.32. The molecule has 1 aliphatic heterocycles. The van der Waals surface area contributed by atoms with Gasteiger partial charge in [-0.25, -0.2) is 0 Å². The molecular weight excluding hydrogens is 200 g/mol. The van der Waals surface area contributed by atoms with Gasteiger partial charge in [0.25, 0.3) is 0 Å². The summed E-state index contributed by atoms with van der Waals surface area (Å²) in [6.45, 7) is 8.96. The number of rotatable bonds is 5. The summed E-state index contributed by atoms with van der Waals surface area (Å²) in [5, 5.41) is 3.78. The van der Waals surface area contributed by atoms with Crippen LogP contribution in [0.25, 0.3) is 0 Å². The maximum absolute atomic E-state index is 5.22. The molecule has 0 spiro atoms. The molecule has 1 aliphatic carbocycles. The summed E-state index contributed by atoms with van der Waals surface area (Å²) < 4.78 is 5.22. The zero-order valence-corrected chi connectivity index (χ0v) is 11.0. The van der Waals surface area contributed by atoms with Gasteiger partial charge in [0.1, 0.15) is 0 Å². The number of nitrogens with one attached hydrogen (secondary N) is 1. The average molecular weight is 226 g/mol. The fourth-order valence-electron chi connectivity index (χ4n) is 2.95. The van der Waals surface area contributed by atoms with E-state index in [1.807, 2.05) is 0 Å². The second kappa shape index (κ2) is 5.03. The zero-order valence-electron chi connectivity index (χ0n) is 11.0. The van der Waals surface area contributed by atoms with Crippen molar-refractivity contribution in [1.82, 2.24) is 10.2 Å². The van der Waals surface area contributed by atoms with Gasteiger partial charge < -0.3 is 10.1 Å². The van der Waals surface area contributed by atoms with E-state index in [0.717, 1.165) is 25.6 Å². The lowest BCUT2D eigenvalue weighted by Gasteiger charge is -2.46. The van der Waals surface area contributed by atoms with Crippen LogP contribution < -0.4 is 5.32 Å². The van der Waals surface area contributed by atoms with Crippen LogP contribution in [0.3, 0.4) is 0 Å². The van der Waals surface area contributed by atoms with Crippen LogP contribution in [0.5, 0.6) is 0 Å². The molecule has 0 bridgehead atoms. The maximum Gasteiger partial charge on any atom is 0.0589 e. The van der Waals surface area contributed by atoms with Crippen molar-refractivity contribution < 1.29 is 4.74 Å². The van der Waals surface area contributed by atoms with Crippen molar-refractivity contribution in [2.24, 2.45) is 5.92 Å². The predicted octanol–water partition coefficient (Wildman–Crippen LogP) is 1.49. The molecule has 16 heavy (non-hydrogen) atoms. The van der Waals surface area contributed by atoms with Gasteiger partial charge in [-0.05, 0) is 32.1 Å². The van der Waals surface area contributed by atoms with Gasteiger partial charge in [0.2, 0.25) is 0 Å². The smallest absolute Gasteiger partial charge is 0.0589 e. The average Bonchev–Trinajstić information content (AvgIpc) is 3.10. The Balaban J connectivity index is 1.93. The van der Waals surface area contributed by atoms with Crippen LogP contribution in [0.15, 0.2) is 0 Å². The fourth-order valence-corrected chi connectivity index (χ4v) is 2.95. The van der Waals surface area contributed by atoms with Crippen LogP contribution in [0.2, 0.25) is 0 Å². The number of hydrogen-bond donors (Lipinski definition) is 1. The van der Waals surface area contributed by atoms with E-state index in [2.05, 4.69) is 24.1 Å². The zero-order chi connectivity index (χ0) is 11.6. The molecular formula is C13H26N2O. The molecule has 2 aliphatic rings. The van der Waals surface area contributed by atoms with E-state index >= 15 is 0 Å². The minimum Gasteiger partial charge on any atom is -0.383 e. The van der Waals surface area contributed by atoms with Gasteiger partial charge in [-0.15, -0.1) is 0 Å². The van der Waals surface area contributed by atoms with Crippen molar-refractivity contribution in [2.45, 2.75) is 44.7 Å². The highest BCUT2D eigenvalue weighted by molar-refractivity contribution is 5.03. The second-order valence-electron chi connectivity index (χ2n) is 5.60. The Labute approximate surface area is 99.5 Å². The predicted molar refractivity (Wildman–Crippen MR) is 66.7 cm³/mol. The number of methoxy groups -OCH3 is 1. The molecule has 1 saturated carbocycles. The quantitative estimate of drug-likeness (QED) is 0.768. The summed E-state index contributed by atoms with van der Waals surface area (Å²) in [4.78, 5) is 2.62. The molecule has 1 N–H and O–H groups in total. The first-order valence-corrected chi connectivity index (χ1v) is 6.67. The van der Waals surface area contributed by atoms with E-state index in [0.29, 0.717) is 11.6 Å². The molecule has 3 heteroatoms. The normalized spacial score (nSPS) is 36.6. The largest absolute Gasteiger partial charge is 0.383 e. The van der Waals surface area contributed by atoms with Crippen molar-refractivity contribution >= 4 is 0 Å². The first-order chi connectivity index (χ1) is 7.69. The summed E-state index contributed by atoms with van der Waals surface area (Å²) in [6.07, 6.45) is 4.06. The Hall–Kier alpha value is -0.120. The van der Waals surface area contributed by atoms with Gasteiger partial charge in [0.15, 0.2) is 0 Å². The van der Waals surface area contributed by atoms with E-state index in [9.17, 15) is 0 Å². The highest BCUT2D eigenvalue weighted by Gasteiger charge is 2.45. The van der Waals surface area contributed by atoms with Crippen LogP contribution in [0.1, 0.15) is 33.1 Å². The van der Waals surface area contributed by atoms with Crippen LogP contribution in [0, 0.1) is 5.92 Å². The number of hydrogen-bond acceptors (Lipinski definition) is 3. The third kappa shape index (κ3) is 2.58. The molecule has 1 saturated heterocycles. The van der Waals surface area contributed by atoms with E-state index in [1.165, 1.54) is 25.8 Å². The summed E-state index contributed by atoms with van der Waals surface area (Å²) >= 11 is 0. The lowest BCUT2D eigenvalue weighted by Crippen LogP contribution is -2.64. The Morgan fingerprint density at radius 2 is 2.19 bits per heavy atom. The lowest BCUT2D eigenvalue weighted by atomic mass is 9.90. The van der Waals surface area contributed by atoms with Crippen LogP contribution >= 0.6 is 0 Å². The number of ether oxygens (including phenoxy) is 1. The standard InChI is InChI=1S/C13H26N2O/c1-4-12-9-14-13(2,11-5-6-11)10-15(12)7-8-16-3/h11-12,14H,4-10H2,1-3H3. The second-order valence-corrected chi connectivity index (χ2v) is 5.60. The molecule has 1 heterocycles. The maximum atomic E-state index is 5.22. The monoisotopic (exact) mass is 226 g/mol. The third-order valence-electron chi connectivity index (χ3n) is 4.32. The van der Waals surface area contributed by atoms with Crippen molar-refractivity contribution in [2.75, 3.05) is 33.4 Å². The highest BCUT2D eigenvalue weighted by Crippen LogP contribution is 2.41. The van der Waals surface area contributed by atoms with Gasteiger partial charge >= 0.3 is 0 Å². The molecule has 0 aromatic heterocycles. The minimum atomic E-state index is 0.361. The Morgan fingerprint density at radius 3 is 2.75 bits per heavy atom. The van der Waals surface area contributed by atoms with Crippen LogP contribution in [-0.2, 0) is 4.74 Å². The van der Waals surface area contributed by atoms with Gasteiger partial charge in [0, 0.05) is 38.3 Å². The van der Waals surface area contributed by atoms with Gasteiger partial charge in [-0.1, -0.05) is 6.92 Å². The van der Waals surface area contributed by atoms with Crippen molar-refractivity contribution in [3.8, 4) is 0 Å². The molecule has 2 atom stereocenters. The molecule has 0 radical (unpaired) electrons. The molecule has 0 amide bonds. The minimum absolute atomic E-state index is 0.361. The fraction of sp³-hybridized carbons (Fsp3) is 1.00. The van der Waals surface area contributed by atoms with Crippen molar-refractivity contribution in [1.29, 1.82) is 0 Å². The Kier molecular flexibility index (Phi) is 3.88. The molecule has 2 fully saturated rings. The van der Waals surface area contributed by atoms with Gasteiger partial charge in [0.05, 0.1) is 6.61 Å². The first-order valence-electron chi connectivity index (χ1n) is 6.67. The highest BCUT2D eigenvalue weighted by atomic mass is 16.5. The summed E-state index contributed by atoms with van der Waals surface area (Å²) in [5.74, 6) is 0.912. The van der Waals surface area contributed by atoms with Gasteiger partial charge in [-0.2, -0.15) is 0 Å². The topological polar surface area (TPSA) is 24.5 Å². The van der Waals surface area contributed by atoms with E-state index in [-0.39, 0.29) is 0 Å². The molecule has 0 aromatic rings. The molecule has 0 aromatic carbocycles. The Bertz CT molecular complexity index is 230. The lowest BCUT2D eigenvalue weighted by molar-refractivity contribution is 0.0489. The molecule has 3 nitrogen and oxygen atoms in total.